The van der Waals surface area contributed by atoms with Gasteiger partial charge in [-0.2, -0.15) is 4.98 Å². The predicted octanol–water partition coefficient (Wildman–Crippen LogP) is -0.700. The van der Waals surface area contributed by atoms with Crippen molar-refractivity contribution in [2.24, 2.45) is 5.92 Å². The molecule has 20 heavy (non-hydrogen) atoms. The normalized spacial score (nSPS) is 21.7. The summed E-state index contributed by atoms with van der Waals surface area (Å²) in [6.07, 6.45) is 0. The highest BCUT2D eigenvalue weighted by Gasteiger charge is 2.31. The number of likely N-dealkylation sites (tertiary alicyclic amines) is 1. The molecule has 0 spiro atoms. The van der Waals surface area contributed by atoms with Gasteiger partial charge in [0.1, 0.15) is 0 Å². The van der Waals surface area contributed by atoms with Crippen molar-refractivity contribution in [2.75, 3.05) is 25.0 Å². The molecular formula is C12H18N6O2. The second kappa shape index (κ2) is 4.77. The zero-order valence-electron chi connectivity index (χ0n) is 11.6. The Hall–Kier alpha value is -2.12. The molecule has 0 saturated carbocycles. The zero-order valence-corrected chi connectivity index (χ0v) is 11.6. The summed E-state index contributed by atoms with van der Waals surface area (Å²) < 4.78 is 1.73. The molecule has 1 unspecified atom stereocenters. The molecule has 108 valence electrons. The molecule has 3 rings (SSSR count). The molecule has 0 bridgehead atoms. The molecule has 0 aromatic carbocycles. The van der Waals surface area contributed by atoms with Crippen LogP contribution >= 0.6 is 0 Å². The van der Waals surface area contributed by atoms with Crippen molar-refractivity contribution in [2.45, 2.75) is 26.4 Å². The van der Waals surface area contributed by atoms with Crippen LogP contribution in [0.3, 0.4) is 0 Å². The summed E-state index contributed by atoms with van der Waals surface area (Å²) in [4.78, 5) is 29.0. The van der Waals surface area contributed by atoms with Crippen molar-refractivity contribution in [3.05, 3.63) is 5.82 Å². The van der Waals surface area contributed by atoms with Gasteiger partial charge >= 0.3 is 0 Å². The Bertz CT molecular complexity index is 548. The summed E-state index contributed by atoms with van der Waals surface area (Å²) in [5, 5.41) is 10.2. The zero-order chi connectivity index (χ0) is 14.3. The predicted molar refractivity (Wildman–Crippen MR) is 71.2 cm³/mol. The van der Waals surface area contributed by atoms with E-state index < -0.39 is 0 Å². The van der Waals surface area contributed by atoms with Gasteiger partial charge in [0.2, 0.25) is 17.7 Å². The number of amides is 2. The molecule has 1 atom stereocenters. The van der Waals surface area contributed by atoms with Crippen LogP contribution in [0.5, 0.6) is 0 Å². The fourth-order valence-corrected chi connectivity index (χ4v) is 2.40. The lowest BCUT2D eigenvalue weighted by atomic mass is 10.1. The van der Waals surface area contributed by atoms with E-state index in [1.165, 1.54) is 6.92 Å². The van der Waals surface area contributed by atoms with E-state index in [-0.39, 0.29) is 23.7 Å². The number of fused-ring (bicyclic) bond motifs is 1. The first-order valence-corrected chi connectivity index (χ1v) is 6.78. The van der Waals surface area contributed by atoms with Crippen LogP contribution in [0, 0.1) is 5.92 Å². The highest BCUT2D eigenvalue weighted by atomic mass is 16.2. The molecule has 0 radical (unpaired) electrons. The molecule has 2 amide bonds. The number of aromatic nitrogens is 3. The first-order valence-electron chi connectivity index (χ1n) is 6.78. The first-order chi connectivity index (χ1) is 9.52. The van der Waals surface area contributed by atoms with Gasteiger partial charge in [-0.1, -0.05) is 6.92 Å². The molecule has 2 N–H and O–H groups in total. The minimum Gasteiger partial charge on any atom is -0.354 e. The third-order valence-electron chi connectivity index (χ3n) is 3.63. The maximum absolute atomic E-state index is 12.0. The van der Waals surface area contributed by atoms with Gasteiger partial charge in [-0.05, 0) is 5.92 Å². The molecule has 1 aromatic heterocycles. The van der Waals surface area contributed by atoms with Gasteiger partial charge in [0.05, 0.1) is 6.04 Å². The van der Waals surface area contributed by atoms with Gasteiger partial charge in [-0.25, -0.2) is 4.68 Å². The van der Waals surface area contributed by atoms with Crippen molar-refractivity contribution < 1.29 is 9.59 Å². The Kier molecular flexibility index (Phi) is 3.07. The van der Waals surface area contributed by atoms with Gasteiger partial charge in [0.25, 0.3) is 5.91 Å². The van der Waals surface area contributed by atoms with Crippen LogP contribution in [0.1, 0.15) is 24.5 Å². The largest absolute Gasteiger partial charge is 0.354 e. The molecule has 8 heteroatoms. The van der Waals surface area contributed by atoms with E-state index in [1.54, 1.807) is 9.58 Å². The quantitative estimate of drug-likeness (QED) is 0.746. The molecule has 1 fully saturated rings. The first kappa shape index (κ1) is 12.9. The number of rotatable bonds is 2. The summed E-state index contributed by atoms with van der Waals surface area (Å²) >= 11 is 0. The SMILES string of the molecule is CC(=O)N1CC(NC(=O)c2nc3n(n2)CC(C)CN3)C1. The summed E-state index contributed by atoms with van der Waals surface area (Å²) in [6, 6.07) is -0.00110. The van der Waals surface area contributed by atoms with Crippen molar-refractivity contribution in [3.8, 4) is 0 Å². The van der Waals surface area contributed by atoms with Gasteiger partial charge in [0.15, 0.2) is 0 Å². The third kappa shape index (κ3) is 2.33. The third-order valence-corrected chi connectivity index (χ3v) is 3.63. The second-order valence-corrected chi connectivity index (χ2v) is 5.52. The van der Waals surface area contributed by atoms with Gasteiger partial charge in [0, 0.05) is 33.1 Å². The van der Waals surface area contributed by atoms with Gasteiger partial charge in [-0.3, -0.25) is 9.59 Å². The standard InChI is InChI=1S/C12H18N6O2/c1-7-3-13-12-15-10(16-18(12)4-7)11(20)14-9-5-17(6-9)8(2)19/h7,9H,3-6H2,1-2H3,(H,14,20)(H,13,15,16). The average molecular weight is 278 g/mol. The molecule has 2 aliphatic rings. The lowest BCUT2D eigenvalue weighted by Gasteiger charge is -2.38. The van der Waals surface area contributed by atoms with Crippen molar-refractivity contribution in [3.63, 3.8) is 0 Å². The maximum atomic E-state index is 12.0. The van der Waals surface area contributed by atoms with Crippen LogP contribution in [0.25, 0.3) is 0 Å². The van der Waals surface area contributed by atoms with E-state index in [0.717, 1.165) is 13.1 Å². The van der Waals surface area contributed by atoms with Crippen LogP contribution in [0.15, 0.2) is 0 Å². The summed E-state index contributed by atoms with van der Waals surface area (Å²) in [5.74, 6) is 1.05. The topological polar surface area (TPSA) is 92.2 Å². The van der Waals surface area contributed by atoms with E-state index >= 15 is 0 Å². The lowest BCUT2D eigenvalue weighted by molar-refractivity contribution is -0.133. The Morgan fingerprint density at radius 3 is 2.80 bits per heavy atom. The Morgan fingerprint density at radius 2 is 2.10 bits per heavy atom. The minimum absolute atomic E-state index is 0.00110. The van der Waals surface area contributed by atoms with Crippen molar-refractivity contribution in [1.29, 1.82) is 0 Å². The summed E-state index contributed by atoms with van der Waals surface area (Å²) in [6.45, 7) is 6.37. The van der Waals surface area contributed by atoms with E-state index in [9.17, 15) is 9.59 Å². The van der Waals surface area contributed by atoms with E-state index in [4.69, 9.17) is 0 Å². The van der Waals surface area contributed by atoms with Crippen molar-refractivity contribution in [1.82, 2.24) is 25.0 Å². The molecule has 3 heterocycles. The van der Waals surface area contributed by atoms with Crippen molar-refractivity contribution >= 4 is 17.8 Å². The number of nitrogens with one attached hydrogen (secondary N) is 2. The van der Waals surface area contributed by atoms with Gasteiger partial charge < -0.3 is 15.5 Å². The molecule has 1 aromatic rings. The molecule has 2 aliphatic heterocycles. The van der Waals surface area contributed by atoms with Crippen LogP contribution in [-0.2, 0) is 11.3 Å². The summed E-state index contributed by atoms with van der Waals surface area (Å²) in [5.41, 5.74) is 0. The molecule has 1 saturated heterocycles. The van der Waals surface area contributed by atoms with E-state index in [2.05, 4.69) is 27.6 Å². The smallest absolute Gasteiger partial charge is 0.291 e. The fraction of sp³-hybridized carbons (Fsp3) is 0.667. The maximum Gasteiger partial charge on any atom is 0.291 e. The highest BCUT2D eigenvalue weighted by Crippen LogP contribution is 2.15. The Morgan fingerprint density at radius 1 is 1.35 bits per heavy atom. The molecule has 8 nitrogen and oxygen atoms in total. The highest BCUT2D eigenvalue weighted by molar-refractivity contribution is 5.91. The number of hydrogen-bond acceptors (Lipinski definition) is 5. The van der Waals surface area contributed by atoms with Crippen LogP contribution in [0.2, 0.25) is 0 Å². The monoisotopic (exact) mass is 278 g/mol. The number of hydrogen-bond donors (Lipinski definition) is 2. The molecule has 0 aliphatic carbocycles. The van der Waals surface area contributed by atoms with Crippen LogP contribution in [-0.4, -0.2) is 57.2 Å². The number of carbonyl (C=O) groups is 2. The number of carbonyl (C=O) groups excluding carboxylic acids is 2. The average Bonchev–Trinajstić information content (AvgIpc) is 2.75. The Labute approximate surface area is 116 Å². The Balaban J connectivity index is 1.60. The minimum atomic E-state index is -0.283. The summed E-state index contributed by atoms with van der Waals surface area (Å²) in [7, 11) is 0. The molecular weight excluding hydrogens is 260 g/mol. The second-order valence-electron chi connectivity index (χ2n) is 5.52. The van der Waals surface area contributed by atoms with E-state index in [0.29, 0.717) is 25.0 Å². The number of anilines is 1. The van der Waals surface area contributed by atoms with Gasteiger partial charge in [-0.15, -0.1) is 5.10 Å². The van der Waals surface area contributed by atoms with Crippen LogP contribution < -0.4 is 10.6 Å². The lowest BCUT2D eigenvalue weighted by Crippen LogP contribution is -2.60. The fourth-order valence-electron chi connectivity index (χ4n) is 2.40. The van der Waals surface area contributed by atoms with Crippen LogP contribution in [0.4, 0.5) is 5.95 Å². The number of nitrogens with zero attached hydrogens (tertiary/aromatic N) is 4. The van der Waals surface area contributed by atoms with E-state index in [1.807, 2.05) is 0 Å².